The maximum absolute atomic E-state index is 11.5. The van der Waals surface area contributed by atoms with E-state index in [-0.39, 0.29) is 5.75 Å². The van der Waals surface area contributed by atoms with E-state index in [1.165, 1.54) is 6.92 Å². The first-order chi connectivity index (χ1) is 7.38. The monoisotopic (exact) mass is 326 g/mol. The SMILES string of the molecule is CCS(=O)(=O)[C@H](Cl)[C@H](O)c1ccc(Br)cc1. The van der Waals surface area contributed by atoms with Gasteiger partial charge in [-0.2, -0.15) is 0 Å². The predicted molar refractivity (Wildman–Crippen MR) is 68.2 cm³/mol. The Morgan fingerprint density at radius 2 is 1.88 bits per heavy atom. The molecule has 0 aromatic heterocycles. The number of hydrogen-bond acceptors (Lipinski definition) is 3. The molecule has 0 radical (unpaired) electrons. The van der Waals surface area contributed by atoms with Gasteiger partial charge < -0.3 is 5.11 Å². The Morgan fingerprint density at radius 3 is 2.31 bits per heavy atom. The zero-order valence-corrected chi connectivity index (χ0v) is 11.8. The van der Waals surface area contributed by atoms with Crippen molar-refractivity contribution in [3.05, 3.63) is 34.3 Å². The van der Waals surface area contributed by atoms with Gasteiger partial charge in [0.2, 0.25) is 0 Å². The number of aliphatic hydroxyl groups is 1. The molecule has 0 unspecified atom stereocenters. The summed E-state index contributed by atoms with van der Waals surface area (Å²) in [7, 11) is -3.45. The summed E-state index contributed by atoms with van der Waals surface area (Å²) in [4.78, 5) is 0. The number of halogens is 2. The van der Waals surface area contributed by atoms with Gasteiger partial charge in [0.15, 0.2) is 14.5 Å². The van der Waals surface area contributed by atoms with Crippen LogP contribution in [0.3, 0.4) is 0 Å². The van der Waals surface area contributed by atoms with Crippen molar-refractivity contribution in [2.45, 2.75) is 17.7 Å². The van der Waals surface area contributed by atoms with Crippen molar-refractivity contribution in [3.8, 4) is 0 Å². The Morgan fingerprint density at radius 1 is 1.38 bits per heavy atom. The van der Waals surface area contributed by atoms with E-state index in [0.29, 0.717) is 5.56 Å². The number of aliphatic hydroxyl groups excluding tert-OH is 1. The van der Waals surface area contributed by atoms with Crippen molar-refractivity contribution >= 4 is 37.4 Å². The molecule has 3 nitrogen and oxygen atoms in total. The van der Waals surface area contributed by atoms with E-state index >= 15 is 0 Å². The smallest absolute Gasteiger partial charge is 0.169 e. The summed E-state index contributed by atoms with van der Waals surface area (Å²) in [5.41, 5.74) is 0.486. The van der Waals surface area contributed by atoms with E-state index < -0.39 is 20.7 Å². The molecule has 0 amide bonds. The second-order valence-electron chi connectivity index (χ2n) is 3.30. The Bertz CT molecular complexity index is 444. The average Bonchev–Trinajstić information content (AvgIpc) is 2.28. The van der Waals surface area contributed by atoms with Gasteiger partial charge in [0.1, 0.15) is 6.10 Å². The van der Waals surface area contributed by atoms with Crippen LogP contribution in [0.15, 0.2) is 28.7 Å². The summed E-state index contributed by atoms with van der Waals surface area (Å²) in [6, 6.07) is 6.71. The fourth-order valence-electron chi connectivity index (χ4n) is 1.17. The lowest BCUT2D eigenvalue weighted by molar-refractivity contribution is 0.191. The number of hydrogen-bond donors (Lipinski definition) is 1. The molecule has 0 fully saturated rings. The van der Waals surface area contributed by atoms with Crippen LogP contribution in [-0.4, -0.2) is 24.0 Å². The average molecular weight is 328 g/mol. The highest BCUT2D eigenvalue weighted by molar-refractivity contribution is 9.10. The Hall–Kier alpha value is -0.100. The van der Waals surface area contributed by atoms with Crippen LogP contribution in [0, 0.1) is 0 Å². The maximum atomic E-state index is 11.5. The fourth-order valence-corrected chi connectivity index (χ4v) is 2.82. The lowest BCUT2D eigenvalue weighted by atomic mass is 10.1. The lowest BCUT2D eigenvalue weighted by Gasteiger charge is -2.16. The molecule has 0 aliphatic carbocycles. The van der Waals surface area contributed by atoms with Gasteiger partial charge in [0, 0.05) is 10.2 Å². The van der Waals surface area contributed by atoms with Gasteiger partial charge in [-0.3, -0.25) is 0 Å². The molecule has 2 atom stereocenters. The summed E-state index contributed by atoms with van der Waals surface area (Å²) >= 11 is 9.00. The summed E-state index contributed by atoms with van der Waals surface area (Å²) < 4.78 is 22.5. The van der Waals surface area contributed by atoms with Gasteiger partial charge in [-0.05, 0) is 17.7 Å². The molecule has 0 aliphatic rings. The molecule has 1 N–H and O–H groups in total. The van der Waals surface area contributed by atoms with Gasteiger partial charge in [-0.15, -0.1) is 11.6 Å². The van der Waals surface area contributed by atoms with E-state index in [0.717, 1.165) is 4.47 Å². The zero-order valence-electron chi connectivity index (χ0n) is 8.60. The van der Waals surface area contributed by atoms with E-state index in [1.807, 2.05) is 0 Å². The van der Waals surface area contributed by atoms with Crippen molar-refractivity contribution in [1.29, 1.82) is 0 Å². The van der Waals surface area contributed by atoms with Crippen LogP contribution < -0.4 is 0 Å². The standard InChI is InChI=1S/C10H12BrClO3S/c1-2-16(14,15)10(12)9(13)7-3-5-8(11)6-4-7/h3-6,9-10,13H,2H2,1H3/t9-,10+/m1/s1. The molecule has 0 heterocycles. The van der Waals surface area contributed by atoms with Crippen LogP contribution in [0.5, 0.6) is 0 Å². The maximum Gasteiger partial charge on any atom is 0.169 e. The lowest BCUT2D eigenvalue weighted by Crippen LogP contribution is -2.24. The first-order valence-corrected chi connectivity index (χ1v) is 7.62. The van der Waals surface area contributed by atoms with Gasteiger partial charge in [-0.1, -0.05) is 35.0 Å². The van der Waals surface area contributed by atoms with Crippen molar-refractivity contribution in [1.82, 2.24) is 0 Å². The van der Waals surface area contributed by atoms with Crippen LogP contribution in [0.25, 0.3) is 0 Å². The minimum atomic E-state index is -3.45. The summed E-state index contributed by atoms with van der Waals surface area (Å²) in [6.07, 6.45) is -1.21. The minimum absolute atomic E-state index is 0.0885. The summed E-state index contributed by atoms with van der Waals surface area (Å²) in [5, 5.41) is 9.82. The quantitative estimate of drug-likeness (QED) is 0.864. The number of benzene rings is 1. The largest absolute Gasteiger partial charge is 0.386 e. The minimum Gasteiger partial charge on any atom is -0.386 e. The van der Waals surface area contributed by atoms with Gasteiger partial charge in [0.25, 0.3) is 0 Å². The molecule has 0 saturated heterocycles. The molecule has 90 valence electrons. The van der Waals surface area contributed by atoms with E-state index in [4.69, 9.17) is 11.6 Å². The molecule has 6 heteroatoms. The molecule has 0 aliphatic heterocycles. The van der Waals surface area contributed by atoms with Crippen molar-refractivity contribution in [2.24, 2.45) is 0 Å². The Kier molecular flexibility index (Phi) is 4.79. The third-order valence-corrected chi connectivity index (χ3v) is 5.54. The molecular weight excluding hydrogens is 316 g/mol. The fraction of sp³-hybridized carbons (Fsp3) is 0.400. The molecule has 1 aromatic carbocycles. The molecule has 0 bridgehead atoms. The highest BCUT2D eigenvalue weighted by atomic mass is 79.9. The second-order valence-corrected chi connectivity index (χ2v) is 7.35. The topological polar surface area (TPSA) is 54.4 Å². The van der Waals surface area contributed by atoms with E-state index in [2.05, 4.69) is 15.9 Å². The highest BCUT2D eigenvalue weighted by Crippen LogP contribution is 2.26. The second kappa shape index (κ2) is 5.49. The van der Waals surface area contributed by atoms with Gasteiger partial charge in [-0.25, -0.2) is 8.42 Å². The highest BCUT2D eigenvalue weighted by Gasteiger charge is 2.29. The first kappa shape index (κ1) is 14.0. The van der Waals surface area contributed by atoms with Gasteiger partial charge >= 0.3 is 0 Å². The van der Waals surface area contributed by atoms with Crippen LogP contribution >= 0.6 is 27.5 Å². The van der Waals surface area contributed by atoms with Crippen molar-refractivity contribution < 1.29 is 13.5 Å². The molecule has 0 spiro atoms. The van der Waals surface area contributed by atoms with Crippen molar-refractivity contribution in [3.63, 3.8) is 0 Å². The van der Waals surface area contributed by atoms with Crippen LogP contribution in [-0.2, 0) is 9.84 Å². The normalized spacial score (nSPS) is 15.8. The van der Waals surface area contributed by atoms with E-state index in [1.54, 1.807) is 24.3 Å². The number of rotatable bonds is 4. The Labute approximate surface area is 108 Å². The first-order valence-electron chi connectivity index (χ1n) is 4.67. The number of sulfone groups is 1. The van der Waals surface area contributed by atoms with Crippen LogP contribution in [0.2, 0.25) is 0 Å². The molecule has 0 saturated carbocycles. The Balaban J connectivity index is 2.94. The van der Waals surface area contributed by atoms with Crippen molar-refractivity contribution in [2.75, 3.05) is 5.75 Å². The third kappa shape index (κ3) is 3.20. The molecule has 1 aromatic rings. The predicted octanol–water partition coefficient (Wildman–Crippen LogP) is 2.48. The third-order valence-electron chi connectivity index (χ3n) is 2.21. The van der Waals surface area contributed by atoms with Crippen LogP contribution in [0.1, 0.15) is 18.6 Å². The number of alkyl halides is 1. The molecule has 1 rings (SSSR count). The zero-order chi connectivity index (χ0) is 12.3. The summed E-state index contributed by atoms with van der Waals surface area (Å²) in [5.74, 6) is -0.0885. The van der Waals surface area contributed by atoms with E-state index in [9.17, 15) is 13.5 Å². The van der Waals surface area contributed by atoms with Gasteiger partial charge in [0.05, 0.1) is 0 Å². The summed E-state index contributed by atoms with van der Waals surface area (Å²) in [6.45, 7) is 1.50. The molecular formula is C10H12BrClO3S. The molecule has 16 heavy (non-hydrogen) atoms. The van der Waals surface area contributed by atoms with Crippen LogP contribution in [0.4, 0.5) is 0 Å².